The van der Waals surface area contributed by atoms with Crippen LogP contribution in [0.15, 0.2) is 10.4 Å². The first-order valence-corrected chi connectivity index (χ1v) is 1.17. The Hall–Kier alpha value is -0.930. The Kier molecular flexibility index (Phi) is 0.368. The molecule has 0 aromatic carbocycles. The molecule has 1 heterocycles. The molecule has 0 spiro atoms. The molecule has 1 radical (unpaired) electrons. The van der Waals surface area contributed by atoms with E-state index in [9.17, 15) is 0 Å². The lowest BCUT2D eigenvalue weighted by Gasteiger charge is -1.45. The van der Waals surface area contributed by atoms with Crippen molar-refractivity contribution in [1.29, 1.82) is 0 Å². The summed E-state index contributed by atoms with van der Waals surface area (Å²) < 4.78 is 0. The molecule has 1 aliphatic heterocycles. The number of rotatable bonds is 0. The van der Waals surface area contributed by atoms with Gasteiger partial charge >= 0.3 is 0 Å². The third-order valence-corrected chi connectivity index (χ3v) is 0.270. The van der Waals surface area contributed by atoms with E-state index in [1.165, 1.54) is 6.34 Å². The highest BCUT2D eigenvalue weighted by Gasteiger charge is 1.88. The van der Waals surface area contributed by atoms with E-state index in [1.54, 1.807) is 0 Å². The smallest absolute Gasteiger partial charge is 0.101 e. The van der Waals surface area contributed by atoms with Crippen molar-refractivity contribution in [2.45, 2.75) is 0 Å². The lowest BCUT2D eigenvalue weighted by molar-refractivity contribution is 0.909. The Bertz CT molecular complexity index is 61.7. The zero-order valence-corrected chi connectivity index (χ0v) is 2.42. The predicted molar refractivity (Wildman–Crippen MR) is 16.2 cm³/mol. The summed E-state index contributed by atoms with van der Waals surface area (Å²) in [5, 5.41) is 9.71. The molecule has 4 nitrogen and oxygen atoms in total. The van der Waals surface area contributed by atoms with E-state index in [-0.39, 0.29) is 0 Å². The van der Waals surface area contributed by atoms with Crippen molar-refractivity contribution in [1.82, 2.24) is 10.5 Å². The minimum Gasteiger partial charge on any atom is -0.101 e. The summed E-state index contributed by atoms with van der Waals surface area (Å²) in [6, 6.07) is 0. The molecular formula is CH2N4+. The molecule has 0 saturated carbocycles. The van der Waals surface area contributed by atoms with Crippen molar-refractivity contribution in [3.63, 3.8) is 0 Å². The largest absolute Gasteiger partial charge is 0.283 e. The zero-order chi connectivity index (χ0) is 3.54. The van der Waals surface area contributed by atoms with Gasteiger partial charge in [0.2, 0.25) is 0 Å². The molecule has 0 amide bonds. The van der Waals surface area contributed by atoms with Gasteiger partial charge in [-0.1, -0.05) is 0 Å². The van der Waals surface area contributed by atoms with Crippen LogP contribution in [0.1, 0.15) is 0 Å². The van der Waals surface area contributed by atoms with Crippen LogP contribution in [0, 0.1) is 0 Å². The van der Waals surface area contributed by atoms with Crippen molar-refractivity contribution in [3.05, 3.63) is 0 Å². The standard InChI is InChI=1S/CH2N4/c1-2-4-5-3-1/h1H,(H,2,4,5)/q+1. The topological polar surface area (TPSA) is 50.9 Å². The summed E-state index contributed by atoms with van der Waals surface area (Å²) in [6.45, 7) is 0. The van der Waals surface area contributed by atoms with Gasteiger partial charge in [0, 0.05) is 5.10 Å². The van der Waals surface area contributed by atoms with Gasteiger partial charge in [-0.2, -0.15) is 0 Å². The predicted octanol–water partition coefficient (Wildman–Crippen LogP) is -0.764. The van der Waals surface area contributed by atoms with Crippen LogP contribution in [0.4, 0.5) is 0 Å². The summed E-state index contributed by atoms with van der Waals surface area (Å²) >= 11 is 0. The highest BCUT2D eigenvalue weighted by molar-refractivity contribution is 5.52. The van der Waals surface area contributed by atoms with Crippen LogP contribution < -0.4 is 10.5 Å². The summed E-state index contributed by atoms with van der Waals surface area (Å²) in [6.07, 6.45) is 1.40. The second-order valence-electron chi connectivity index (χ2n) is 0.563. The number of hydrogen-bond donors (Lipinski definition) is 1. The maximum absolute atomic E-state index is 3.31. The van der Waals surface area contributed by atoms with E-state index in [1.807, 2.05) is 0 Å². The normalized spacial score (nSPS) is 16.0. The van der Waals surface area contributed by atoms with E-state index in [0.717, 1.165) is 0 Å². The molecule has 0 fully saturated rings. The van der Waals surface area contributed by atoms with E-state index in [4.69, 9.17) is 0 Å². The first-order chi connectivity index (χ1) is 2.50. The fourth-order valence-corrected chi connectivity index (χ4v) is 0.129. The minimum atomic E-state index is 1.40. The van der Waals surface area contributed by atoms with Gasteiger partial charge in [-0.3, -0.25) is 0 Å². The first-order valence-electron chi connectivity index (χ1n) is 1.17. The van der Waals surface area contributed by atoms with Crippen molar-refractivity contribution < 1.29 is 0 Å². The van der Waals surface area contributed by atoms with Crippen LogP contribution in [0.2, 0.25) is 0 Å². The molecule has 0 aliphatic carbocycles. The number of nitrogens with zero attached hydrogens (tertiary/aromatic N) is 3. The fourth-order valence-electron chi connectivity index (χ4n) is 0.129. The molecule has 0 aromatic heterocycles. The molecule has 25 valence electrons. The molecule has 5 heavy (non-hydrogen) atoms. The van der Waals surface area contributed by atoms with E-state index in [2.05, 4.69) is 21.0 Å². The van der Waals surface area contributed by atoms with E-state index < -0.39 is 0 Å². The van der Waals surface area contributed by atoms with Crippen LogP contribution in [0.25, 0.3) is 0 Å². The zero-order valence-electron chi connectivity index (χ0n) is 2.42. The monoisotopic (exact) mass is 70.0 g/mol. The first kappa shape index (κ1) is 2.32. The Morgan fingerprint density at radius 2 is 2.80 bits per heavy atom. The van der Waals surface area contributed by atoms with Crippen LogP contribution in [-0.2, 0) is 0 Å². The number of nitrogens with one attached hydrogen (secondary N) is 1. The number of hydrogen-bond acceptors (Lipinski definition) is 4. The molecule has 1 N–H and O–H groups in total. The van der Waals surface area contributed by atoms with Crippen LogP contribution in [-0.4, -0.2) is 6.34 Å². The van der Waals surface area contributed by atoms with Gasteiger partial charge in [-0.05, 0) is 0 Å². The molecular weight excluding hydrogens is 68.0 g/mol. The van der Waals surface area contributed by atoms with Gasteiger partial charge in [-0.25, -0.2) is 0 Å². The van der Waals surface area contributed by atoms with Crippen molar-refractivity contribution in [3.8, 4) is 0 Å². The van der Waals surface area contributed by atoms with Gasteiger partial charge in [0.25, 0.3) is 6.34 Å². The highest BCUT2D eigenvalue weighted by Crippen LogP contribution is 1.60. The summed E-state index contributed by atoms with van der Waals surface area (Å²) in [4.78, 5) is 0. The SMILES string of the molecule is C1=[N+]N=NN1. The third-order valence-electron chi connectivity index (χ3n) is 0.270. The fraction of sp³-hybridized carbons (Fsp3) is 0. The summed E-state index contributed by atoms with van der Waals surface area (Å²) in [5.74, 6) is 0. The highest BCUT2D eigenvalue weighted by atomic mass is 15.6. The molecule has 1 aliphatic rings. The Morgan fingerprint density at radius 3 is 3.00 bits per heavy atom. The van der Waals surface area contributed by atoms with Gasteiger partial charge in [0.05, 0.1) is 0 Å². The average molecular weight is 70.1 g/mol. The van der Waals surface area contributed by atoms with Crippen LogP contribution >= 0.6 is 0 Å². The van der Waals surface area contributed by atoms with Crippen molar-refractivity contribution in [2.75, 3.05) is 0 Å². The Morgan fingerprint density at radius 1 is 1.80 bits per heavy atom. The van der Waals surface area contributed by atoms with Gasteiger partial charge < -0.3 is 0 Å². The second kappa shape index (κ2) is 0.794. The molecule has 0 aromatic rings. The molecule has 0 saturated heterocycles. The quantitative estimate of drug-likeness (QED) is 0.400. The van der Waals surface area contributed by atoms with Gasteiger partial charge in [0.1, 0.15) is 5.22 Å². The lowest BCUT2D eigenvalue weighted by Crippen LogP contribution is -1.94. The van der Waals surface area contributed by atoms with E-state index in [0.29, 0.717) is 0 Å². The van der Waals surface area contributed by atoms with Gasteiger partial charge in [0.15, 0.2) is 5.22 Å². The summed E-state index contributed by atoms with van der Waals surface area (Å²) in [7, 11) is 0. The average Bonchev–Trinajstić information content (AvgIpc) is 1.76. The Labute approximate surface area is 28.6 Å². The molecule has 0 atom stereocenters. The molecule has 0 unspecified atom stereocenters. The molecule has 1 rings (SSSR count). The Balaban J connectivity index is 2.61. The van der Waals surface area contributed by atoms with Crippen molar-refractivity contribution >= 4 is 6.34 Å². The minimum absolute atomic E-state index is 1.40. The molecule has 0 bridgehead atoms. The van der Waals surface area contributed by atoms with Crippen LogP contribution in [0.3, 0.4) is 0 Å². The van der Waals surface area contributed by atoms with Gasteiger partial charge in [-0.15, -0.1) is 5.43 Å². The second-order valence-corrected chi connectivity index (χ2v) is 0.563. The lowest BCUT2D eigenvalue weighted by atomic mass is 11.4. The summed E-state index contributed by atoms with van der Waals surface area (Å²) in [5.41, 5.74) is 2.39. The maximum atomic E-state index is 3.31. The van der Waals surface area contributed by atoms with Crippen molar-refractivity contribution in [2.24, 2.45) is 10.4 Å². The van der Waals surface area contributed by atoms with E-state index >= 15 is 0 Å². The molecule has 4 heteroatoms. The van der Waals surface area contributed by atoms with Crippen LogP contribution in [0.5, 0.6) is 0 Å². The maximum Gasteiger partial charge on any atom is 0.283 e. The third kappa shape index (κ3) is 0.212.